The first-order valence-corrected chi connectivity index (χ1v) is 10.9. The zero-order valence-corrected chi connectivity index (χ0v) is 18.4. The maximum absolute atomic E-state index is 12.7. The summed E-state index contributed by atoms with van der Waals surface area (Å²) in [6.07, 6.45) is 3.37. The van der Waals surface area contributed by atoms with Crippen LogP contribution in [0.5, 0.6) is 0 Å². The second-order valence-corrected chi connectivity index (χ2v) is 7.56. The largest absolute Gasteiger partial charge is 0.463 e. The van der Waals surface area contributed by atoms with Crippen molar-refractivity contribution >= 4 is 41.3 Å². The van der Waals surface area contributed by atoms with Gasteiger partial charge in [-0.3, -0.25) is 0 Å². The maximum Gasteiger partial charge on any atom is 0.341 e. The highest BCUT2D eigenvalue weighted by Crippen LogP contribution is 2.29. The molecule has 0 unspecified atom stereocenters. The van der Waals surface area contributed by atoms with Crippen molar-refractivity contribution in [1.82, 2.24) is 15.6 Å². The molecule has 2 N–H and O–H groups in total. The molecule has 2 amide bonds. The minimum atomic E-state index is -0.793. The van der Waals surface area contributed by atoms with Crippen LogP contribution in [0.25, 0.3) is 0 Å². The summed E-state index contributed by atoms with van der Waals surface area (Å²) in [6, 6.07) is 8.59. The second-order valence-electron chi connectivity index (χ2n) is 6.33. The molecule has 1 aromatic heterocycles. The van der Waals surface area contributed by atoms with E-state index in [0.717, 1.165) is 0 Å². The molecule has 2 heterocycles. The molecule has 2 aromatic rings. The Bertz CT molecular complexity index is 1030. The molecule has 0 aliphatic carbocycles. The van der Waals surface area contributed by atoms with Gasteiger partial charge < -0.3 is 20.1 Å². The summed E-state index contributed by atoms with van der Waals surface area (Å²) in [4.78, 5) is 41.7. The number of hydrogen-bond donors (Lipinski definition) is 2. The Balaban J connectivity index is 1.93. The van der Waals surface area contributed by atoms with Crippen molar-refractivity contribution < 1.29 is 23.9 Å². The number of benzene rings is 1. The number of rotatable bonds is 7. The lowest BCUT2D eigenvalue weighted by atomic mass is 9.95. The molecule has 0 radical (unpaired) electrons. The summed E-state index contributed by atoms with van der Waals surface area (Å²) in [5.41, 5.74) is 1.21. The Hall–Kier alpha value is -3.04. The van der Waals surface area contributed by atoms with Crippen LogP contribution in [0, 0.1) is 0 Å². The van der Waals surface area contributed by atoms with E-state index in [9.17, 15) is 14.4 Å². The molecule has 0 fully saturated rings. The van der Waals surface area contributed by atoms with Crippen molar-refractivity contribution in [2.24, 2.45) is 0 Å². The number of nitrogens with one attached hydrogen (secondary N) is 2. The number of carbonyl (C=O) groups is 3. The normalized spacial score (nSPS) is 15.7. The first-order chi connectivity index (χ1) is 14.9. The molecular formula is C21H20ClN3O5S. The molecule has 31 heavy (non-hydrogen) atoms. The van der Waals surface area contributed by atoms with Gasteiger partial charge in [0.2, 0.25) is 0 Å². The van der Waals surface area contributed by atoms with E-state index in [1.807, 2.05) is 0 Å². The third kappa shape index (κ3) is 5.36. The van der Waals surface area contributed by atoms with Crippen LogP contribution in [0.2, 0.25) is 5.02 Å². The Morgan fingerprint density at radius 1 is 1.16 bits per heavy atom. The topological polar surface area (TPSA) is 107 Å². The van der Waals surface area contributed by atoms with Crippen LogP contribution in [0.15, 0.2) is 58.9 Å². The summed E-state index contributed by atoms with van der Waals surface area (Å²) in [7, 11) is 0. The fraction of sp³-hybridized carbons (Fsp3) is 0.238. The van der Waals surface area contributed by atoms with Crippen molar-refractivity contribution in [3.8, 4) is 0 Å². The highest BCUT2D eigenvalue weighted by atomic mass is 35.5. The van der Waals surface area contributed by atoms with Crippen LogP contribution >= 0.6 is 23.4 Å². The van der Waals surface area contributed by atoms with E-state index in [1.165, 1.54) is 11.8 Å². The predicted octanol–water partition coefficient (Wildman–Crippen LogP) is 3.49. The van der Waals surface area contributed by atoms with Gasteiger partial charge in [0, 0.05) is 11.2 Å². The van der Waals surface area contributed by atoms with E-state index in [2.05, 4.69) is 15.6 Å². The van der Waals surface area contributed by atoms with E-state index in [1.54, 1.807) is 55.8 Å². The monoisotopic (exact) mass is 461 g/mol. The number of pyridine rings is 1. The lowest BCUT2D eigenvalue weighted by Crippen LogP contribution is -2.47. The van der Waals surface area contributed by atoms with Gasteiger partial charge in [-0.2, -0.15) is 0 Å². The number of aromatic nitrogens is 1. The Labute approximate surface area is 188 Å². The molecule has 0 saturated heterocycles. The zero-order valence-electron chi connectivity index (χ0n) is 16.8. The number of hydrogen-bond acceptors (Lipinski definition) is 7. The zero-order chi connectivity index (χ0) is 22.4. The van der Waals surface area contributed by atoms with Crippen LogP contribution in [0.3, 0.4) is 0 Å². The number of amides is 2. The van der Waals surface area contributed by atoms with Gasteiger partial charge in [-0.25, -0.2) is 19.4 Å². The average molecular weight is 462 g/mol. The van der Waals surface area contributed by atoms with Crippen molar-refractivity contribution in [3.05, 3.63) is 70.0 Å². The standard InChI is InChI=1S/C21H20ClN3O5S/c1-3-29-20(27)16-15(11-30-19(26)14-5-4-10-23-18(14)31-2)24-21(28)25-17(16)12-6-8-13(22)9-7-12/h4-10,17H,3,11H2,1-2H3,(H2,24,25,28)/t17-/m0/s1. The van der Waals surface area contributed by atoms with Gasteiger partial charge in [0.1, 0.15) is 11.6 Å². The van der Waals surface area contributed by atoms with Crippen LogP contribution in [-0.4, -0.2) is 42.4 Å². The van der Waals surface area contributed by atoms with Crippen molar-refractivity contribution in [2.45, 2.75) is 18.0 Å². The molecule has 8 nitrogen and oxygen atoms in total. The number of urea groups is 1. The molecule has 3 rings (SSSR count). The molecule has 1 aliphatic heterocycles. The Kier molecular flexibility index (Phi) is 7.54. The van der Waals surface area contributed by atoms with Crippen LogP contribution < -0.4 is 10.6 Å². The van der Waals surface area contributed by atoms with Crippen molar-refractivity contribution in [1.29, 1.82) is 0 Å². The summed E-state index contributed by atoms with van der Waals surface area (Å²) in [5.74, 6) is -1.25. The number of halogens is 1. The molecule has 162 valence electrons. The number of ether oxygens (including phenoxy) is 2. The van der Waals surface area contributed by atoms with E-state index in [4.69, 9.17) is 21.1 Å². The van der Waals surface area contributed by atoms with Gasteiger partial charge in [-0.1, -0.05) is 23.7 Å². The maximum atomic E-state index is 12.7. The van der Waals surface area contributed by atoms with E-state index in [-0.39, 0.29) is 24.5 Å². The number of carbonyl (C=O) groups excluding carboxylic acids is 3. The third-order valence-corrected chi connectivity index (χ3v) is 5.35. The minimum Gasteiger partial charge on any atom is -0.463 e. The molecule has 0 saturated carbocycles. The molecule has 10 heteroatoms. The predicted molar refractivity (Wildman–Crippen MR) is 116 cm³/mol. The van der Waals surface area contributed by atoms with Gasteiger partial charge in [-0.05, 0) is 43.0 Å². The smallest absolute Gasteiger partial charge is 0.341 e. The minimum absolute atomic E-state index is 0.142. The Morgan fingerprint density at radius 3 is 2.58 bits per heavy atom. The summed E-state index contributed by atoms with van der Waals surface area (Å²) >= 11 is 7.26. The molecule has 0 spiro atoms. The van der Waals surface area contributed by atoms with E-state index in [0.29, 0.717) is 21.2 Å². The van der Waals surface area contributed by atoms with E-state index < -0.39 is 24.0 Å². The first kappa shape index (κ1) is 22.6. The Morgan fingerprint density at radius 2 is 1.90 bits per heavy atom. The highest BCUT2D eigenvalue weighted by molar-refractivity contribution is 7.98. The van der Waals surface area contributed by atoms with Crippen LogP contribution in [0.4, 0.5) is 4.79 Å². The summed E-state index contributed by atoms with van der Waals surface area (Å²) in [5, 5.41) is 6.29. The highest BCUT2D eigenvalue weighted by Gasteiger charge is 2.34. The molecule has 1 aromatic carbocycles. The number of esters is 2. The molecule has 0 bridgehead atoms. The van der Waals surface area contributed by atoms with E-state index >= 15 is 0 Å². The lowest BCUT2D eigenvalue weighted by Gasteiger charge is -2.29. The van der Waals surface area contributed by atoms with Gasteiger partial charge in [0.05, 0.1) is 29.5 Å². The third-order valence-electron chi connectivity index (χ3n) is 4.38. The number of nitrogens with zero attached hydrogens (tertiary/aromatic N) is 1. The fourth-order valence-electron chi connectivity index (χ4n) is 3.01. The first-order valence-electron chi connectivity index (χ1n) is 9.33. The lowest BCUT2D eigenvalue weighted by molar-refractivity contribution is -0.139. The average Bonchev–Trinajstić information content (AvgIpc) is 2.77. The quantitative estimate of drug-likeness (QED) is 0.480. The summed E-state index contributed by atoms with van der Waals surface area (Å²) in [6.45, 7) is 1.49. The van der Waals surface area contributed by atoms with Crippen LogP contribution in [-0.2, 0) is 14.3 Å². The van der Waals surface area contributed by atoms with Gasteiger partial charge >= 0.3 is 18.0 Å². The van der Waals surface area contributed by atoms with Crippen molar-refractivity contribution in [2.75, 3.05) is 19.5 Å². The summed E-state index contributed by atoms with van der Waals surface area (Å²) < 4.78 is 10.6. The molecule has 1 aliphatic rings. The molecule has 1 atom stereocenters. The fourth-order valence-corrected chi connectivity index (χ4v) is 3.67. The van der Waals surface area contributed by atoms with Gasteiger partial charge in [0.25, 0.3) is 0 Å². The SMILES string of the molecule is CCOC(=O)C1=C(COC(=O)c2cccnc2SC)NC(=O)N[C@H]1c1ccc(Cl)cc1. The van der Waals surface area contributed by atoms with Gasteiger partial charge in [0.15, 0.2) is 0 Å². The van der Waals surface area contributed by atoms with Crippen molar-refractivity contribution in [3.63, 3.8) is 0 Å². The molecular weight excluding hydrogens is 442 g/mol. The number of thioether (sulfide) groups is 1. The van der Waals surface area contributed by atoms with Crippen LogP contribution in [0.1, 0.15) is 28.9 Å². The van der Waals surface area contributed by atoms with Gasteiger partial charge in [-0.15, -0.1) is 11.8 Å². The second kappa shape index (κ2) is 10.3.